The molecule has 2 fully saturated rings. The molecule has 2 aromatic carbocycles. The second kappa shape index (κ2) is 12.8. The monoisotopic (exact) mass is 561 g/mol. The number of ether oxygens (including phenoxy) is 2. The Bertz CT molecular complexity index is 1110. The standard InChI is InChI=1S/C31H42F3N3O3/c1-5-39-26-9-7-6-8-25(26)29(23-10-12-24(13-11-23)40-31(32,33)34)36-18-19-37(27(21-36)30(2,3)4)28(38)20-22-14-16-35-17-15-22/h6-13,22,27,29,35H,5,14-21H2,1-4H3/t27-,29?/m1/s1. The number of carbonyl (C=O) groups excluding carboxylic acids is 1. The van der Waals surface area contributed by atoms with Gasteiger partial charge in [0.2, 0.25) is 5.91 Å². The van der Waals surface area contributed by atoms with Crippen LogP contribution in [0.1, 0.15) is 64.1 Å². The van der Waals surface area contributed by atoms with Crippen molar-refractivity contribution in [2.45, 2.75) is 65.4 Å². The van der Waals surface area contributed by atoms with Crippen molar-refractivity contribution in [1.29, 1.82) is 0 Å². The molecule has 0 aliphatic carbocycles. The Balaban J connectivity index is 1.64. The first-order valence-electron chi connectivity index (χ1n) is 14.3. The molecule has 2 heterocycles. The van der Waals surface area contributed by atoms with Gasteiger partial charge < -0.3 is 19.7 Å². The average molecular weight is 562 g/mol. The lowest BCUT2D eigenvalue weighted by Gasteiger charge is -2.50. The van der Waals surface area contributed by atoms with Gasteiger partial charge in [0.25, 0.3) is 0 Å². The maximum atomic E-state index is 13.6. The third-order valence-corrected chi connectivity index (χ3v) is 7.96. The predicted octanol–water partition coefficient (Wildman–Crippen LogP) is 6.02. The van der Waals surface area contributed by atoms with E-state index in [4.69, 9.17) is 4.74 Å². The number of alkyl halides is 3. The molecule has 40 heavy (non-hydrogen) atoms. The predicted molar refractivity (Wildman–Crippen MR) is 149 cm³/mol. The number of rotatable bonds is 8. The summed E-state index contributed by atoms with van der Waals surface area (Å²) in [4.78, 5) is 18.0. The second-order valence-corrected chi connectivity index (χ2v) is 11.9. The number of amides is 1. The molecule has 9 heteroatoms. The minimum atomic E-state index is -4.75. The van der Waals surface area contributed by atoms with Crippen molar-refractivity contribution >= 4 is 5.91 Å². The number of piperazine rings is 1. The number of piperidine rings is 1. The van der Waals surface area contributed by atoms with Gasteiger partial charge in [-0.15, -0.1) is 13.2 Å². The summed E-state index contributed by atoms with van der Waals surface area (Å²) < 4.78 is 48.6. The van der Waals surface area contributed by atoms with Gasteiger partial charge in [0.1, 0.15) is 11.5 Å². The van der Waals surface area contributed by atoms with Crippen LogP contribution in [0.15, 0.2) is 48.5 Å². The highest BCUT2D eigenvalue weighted by Crippen LogP contribution is 2.39. The molecular formula is C31H42F3N3O3. The van der Waals surface area contributed by atoms with Crippen LogP contribution in [0.3, 0.4) is 0 Å². The molecule has 2 saturated heterocycles. The van der Waals surface area contributed by atoms with E-state index in [1.807, 2.05) is 31.2 Å². The van der Waals surface area contributed by atoms with E-state index in [0.717, 1.165) is 42.8 Å². The highest BCUT2D eigenvalue weighted by Gasteiger charge is 2.41. The van der Waals surface area contributed by atoms with Crippen molar-refractivity contribution in [3.05, 3.63) is 59.7 Å². The first kappa shape index (κ1) is 30.2. The number of hydrogen-bond acceptors (Lipinski definition) is 5. The first-order chi connectivity index (χ1) is 19.0. The Kier molecular flexibility index (Phi) is 9.67. The summed E-state index contributed by atoms with van der Waals surface area (Å²) in [5, 5.41) is 3.37. The van der Waals surface area contributed by atoms with Gasteiger partial charge in [-0.2, -0.15) is 0 Å². The summed E-state index contributed by atoms with van der Waals surface area (Å²) >= 11 is 0. The lowest BCUT2D eigenvalue weighted by Crippen LogP contribution is -2.60. The quantitative estimate of drug-likeness (QED) is 0.427. The van der Waals surface area contributed by atoms with Gasteiger partial charge in [-0.3, -0.25) is 9.69 Å². The fourth-order valence-electron chi connectivity index (χ4n) is 5.96. The van der Waals surface area contributed by atoms with Gasteiger partial charge in [0, 0.05) is 37.7 Å². The maximum Gasteiger partial charge on any atom is 0.573 e. The summed E-state index contributed by atoms with van der Waals surface area (Å²) in [6.45, 7) is 12.7. The molecule has 2 aliphatic heterocycles. The number of nitrogens with zero attached hydrogens (tertiary/aromatic N) is 2. The molecule has 2 atom stereocenters. The number of hydrogen-bond donors (Lipinski definition) is 1. The van der Waals surface area contributed by atoms with Gasteiger partial charge in [-0.1, -0.05) is 51.1 Å². The summed E-state index contributed by atoms with van der Waals surface area (Å²) in [5.41, 5.74) is 1.61. The van der Waals surface area contributed by atoms with Crippen molar-refractivity contribution in [2.24, 2.45) is 11.3 Å². The molecule has 4 rings (SSSR count). The van der Waals surface area contributed by atoms with Crippen molar-refractivity contribution in [1.82, 2.24) is 15.1 Å². The van der Waals surface area contributed by atoms with E-state index in [1.165, 1.54) is 12.1 Å². The van der Waals surface area contributed by atoms with Crippen LogP contribution in [0.25, 0.3) is 0 Å². The zero-order chi connectivity index (χ0) is 28.9. The molecule has 2 aliphatic rings. The van der Waals surface area contributed by atoms with E-state index in [1.54, 1.807) is 12.1 Å². The molecule has 2 aromatic rings. The molecule has 0 aromatic heterocycles. The normalized spacial score (nSPS) is 20.3. The summed E-state index contributed by atoms with van der Waals surface area (Å²) in [5.74, 6) is 1.11. The molecule has 6 nitrogen and oxygen atoms in total. The van der Waals surface area contributed by atoms with Crippen molar-refractivity contribution in [2.75, 3.05) is 39.3 Å². The molecule has 220 valence electrons. The average Bonchev–Trinajstić information content (AvgIpc) is 2.90. The van der Waals surface area contributed by atoms with E-state index >= 15 is 0 Å². The van der Waals surface area contributed by atoms with Gasteiger partial charge in [0.05, 0.1) is 12.6 Å². The van der Waals surface area contributed by atoms with Crippen LogP contribution in [0.2, 0.25) is 0 Å². The van der Waals surface area contributed by atoms with Crippen LogP contribution in [0.4, 0.5) is 13.2 Å². The van der Waals surface area contributed by atoms with Crippen molar-refractivity contribution < 1.29 is 27.4 Å². The lowest BCUT2D eigenvalue weighted by atomic mass is 9.82. The van der Waals surface area contributed by atoms with Crippen molar-refractivity contribution in [3.63, 3.8) is 0 Å². The molecule has 1 unspecified atom stereocenters. The van der Waals surface area contributed by atoms with Gasteiger partial charge in [-0.25, -0.2) is 0 Å². The van der Waals surface area contributed by atoms with Crippen LogP contribution in [-0.4, -0.2) is 67.4 Å². The molecule has 1 amide bonds. The Labute approximate surface area is 235 Å². The zero-order valence-corrected chi connectivity index (χ0v) is 24.0. The topological polar surface area (TPSA) is 54.0 Å². The van der Waals surface area contributed by atoms with Crippen LogP contribution >= 0.6 is 0 Å². The first-order valence-corrected chi connectivity index (χ1v) is 14.3. The third-order valence-electron chi connectivity index (χ3n) is 7.96. The number of nitrogens with one attached hydrogen (secondary N) is 1. The SMILES string of the molecule is CCOc1ccccc1C(c1ccc(OC(F)(F)F)cc1)N1CCN(C(=O)CC2CCNCC2)[C@@H](C(C)(C)C)C1. The van der Waals surface area contributed by atoms with Crippen molar-refractivity contribution in [3.8, 4) is 11.5 Å². The molecule has 0 radical (unpaired) electrons. The van der Waals surface area contributed by atoms with E-state index in [9.17, 15) is 18.0 Å². The Hall–Kier alpha value is -2.78. The molecule has 0 saturated carbocycles. The summed E-state index contributed by atoms with van der Waals surface area (Å²) in [6.07, 6.45) is -2.13. The van der Waals surface area contributed by atoms with Gasteiger partial charge in [0.15, 0.2) is 0 Å². The number of carbonyl (C=O) groups is 1. The van der Waals surface area contributed by atoms with Gasteiger partial charge in [-0.05, 0) is 68.0 Å². The second-order valence-electron chi connectivity index (χ2n) is 11.9. The summed E-state index contributed by atoms with van der Waals surface area (Å²) in [6, 6.07) is 13.6. The highest BCUT2D eigenvalue weighted by atomic mass is 19.4. The Morgan fingerprint density at radius 2 is 1.70 bits per heavy atom. The Morgan fingerprint density at radius 3 is 2.33 bits per heavy atom. The summed E-state index contributed by atoms with van der Waals surface area (Å²) in [7, 11) is 0. The molecule has 0 spiro atoms. The van der Waals surface area contributed by atoms with Crippen LogP contribution in [-0.2, 0) is 4.79 Å². The third kappa shape index (κ3) is 7.69. The Morgan fingerprint density at radius 1 is 1.02 bits per heavy atom. The van der Waals surface area contributed by atoms with E-state index in [-0.39, 0.29) is 29.2 Å². The largest absolute Gasteiger partial charge is 0.573 e. The smallest absolute Gasteiger partial charge is 0.494 e. The lowest BCUT2D eigenvalue weighted by molar-refractivity contribution is -0.274. The van der Waals surface area contributed by atoms with Crippen LogP contribution in [0, 0.1) is 11.3 Å². The van der Waals surface area contributed by atoms with Crippen LogP contribution in [0.5, 0.6) is 11.5 Å². The van der Waals surface area contributed by atoms with Gasteiger partial charge >= 0.3 is 6.36 Å². The van der Waals surface area contributed by atoms with E-state index in [2.05, 4.69) is 40.6 Å². The highest BCUT2D eigenvalue weighted by molar-refractivity contribution is 5.77. The minimum Gasteiger partial charge on any atom is -0.494 e. The zero-order valence-electron chi connectivity index (χ0n) is 24.0. The number of halogens is 3. The number of benzene rings is 2. The number of para-hydroxylation sites is 1. The molecule has 0 bridgehead atoms. The molecular weight excluding hydrogens is 519 g/mol. The van der Waals surface area contributed by atoms with E-state index < -0.39 is 6.36 Å². The fraction of sp³-hybridized carbons (Fsp3) is 0.581. The van der Waals surface area contributed by atoms with Crippen LogP contribution < -0.4 is 14.8 Å². The minimum absolute atomic E-state index is 0.0231. The molecule has 1 N–H and O–H groups in total. The van der Waals surface area contributed by atoms with E-state index in [0.29, 0.717) is 38.6 Å². The fourth-order valence-corrected chi connectivity index (χ4v) is 5.96. The maximum absolute atomic E-state index is 13.6.